The van der Waals surface area contributed by atoms with Crippen LogP contribution in [0, 0.1) is 40.4 Å². The normalized spacial score (nSPS) is 24.0. The Kier molecular flexibility index (Phi) is 35.6. The van der Waals surface area contributed by atoms with Gasteiger partial charge >= 0.3 is 30.9 Å². The van der Waals surface area contributed by atoms with E-state index >= 15 is 0 Å². The summed E-state index contributed by atoms with van der Waals surface area (Å²) in [4.78, 5) is 74.2. The molecule has 0 spiro atoms. The molecule has 9 aliphatic carbocycles. The van der Waals surface area contributed by atoms with E-state index in [2.05, 4.69) is 36.4 Å². The van der Waals surface area contributed by atoms with Gasteiger partial charge in [-0.2, -0.15) is 76.4 Å². The monoisotopic (exact) mass is 1980 g/mol. The lowest BCUT2D eigenvalue weighted by Crippen LogP contribution is -2.45. The van der Waals surface area contributed by atoms with Crippen molar-refractivity contribution < 1.29 is 129 Å². The maximum absolute atomic E-state index is 13.4. The first-order valence-corrected chi connectivity index (χ1v) is 48.4. The molecular formula is C105H126F17N7O11. The molecule has 0 heterocycles. The highest BCUT2D eigenvalue weighted by atomic mass is 19.4. The molecule has 35 heteroatoms. The van der Waals surface area contributed by atoms with Gasteiger partial charge in [0.1, 0.15) is 0 Å². The molecule has 9 fully saturated rings. The number of hydrogen-bond donors (Lipinski definition) is 6. The number of alkyl halides is 17. The number of aliphatic hydroxyl groups excluding tert-OH is 1. The zero-order chi connectivity index (χ0) is 103. The van der Waals surface area contributed by atoms with Crippen LogP contribution < -0.4 is 0 Å². The summed E-state index contributed by atoms with van der Waals surface area (Å²) in [5.74, 6) is -2.34. The van der Waals surface area contributed by atoms with E-state index in [0.29, 0.717) is 107 Å². The van der Waals surface area contributed by atoms with Crippen LogP contribution in [0.2, 0.25) is 0 Å². The van der Waals surface area contributed by atoms with Crippen molar-refractivity contribution >= 4 is 29.5 Å². The molecule has 6 aromatic carbocycles. The Morgan fingerprint density at radius 2 is 0.514 bits per heavy atom. The average molecular weight is 1990 g/mol. The van der Waals surface area contributed by atoms with Crippen LogP contribution in [0.25, 0.3) is 0 Å². The average Bonchev–Trinajstić information content (AvgIpc) is 1.76. The zero-order valence-corrected chi connectivity index (χ0v) is 79.3. The number of halogens is 17. The third-order valence-electron chi connectivity index (χ3n) is 29.5. The smallest absolute Gasteiger partial charge is 0.393 e. The molecule has 9 aliphatic rings. The van der Waals surface area contributed by atoms with Crippen molar-refractivity contribution in [2.45, 2.75) is 366 Å². The lowest BCUT2D eigenvalue weighted by atomic mass is 9.81. The molecule has 0 aliphatic heterocycles. The summed E-state index contributed by atoms with van der Waals surface area (Å²) >= 11 is 0. The molecule has 9 saturated carbocycles. The van der Waals surface area contributed by atoms with E-state index < -0.39 is 64.8 Å². The highest BCUT2D eigenvalue weighted by molar-refractivity contribution is 5.97. The summed E-state index contributed by atoms with van der Waals surface area (Å²) in [6, 6.07) is 40.7. The van der Waals surface area contributed by atoms with E-state index in [1.54, 1.807) is 9.80 Å². The summed E-state index contributed by atoms with van der Waals surface area (Å²) in [5.41, 5.74) is -13.4. The third kappa shape index (κ3) is 27.4. The molecule has 5 amide bonds. The minimum Gasteiger partial charge on any atom is -0.393 e. The first-order valence-electron chi connectivity index (χ1n) is 48.4. The Bertz CT molecular complexity index is 5030. The third-order valence-corrected chi connectivity index (χ3v) is 29.5. The largest absolute Gasteiger partial charge is 0.421 e. The number of hydrogen-bond acceptors (Lipinski definition) is 13. The van der Waals surface area contributed by atoms with Crippen molar-refractivity contribution in [3.63, 3.8) is 0 Å². The number of carbonyl (C=O) groups is 5. The first kappa shape index (κ1) is 111. The van der Waals surface area contributed by atoms with Crippen LogP contribution in [0.4, 0.5) is 74.6 Å². The molecule has 18 nitrogen and oxygen atoms in total. The van der Waals surface area contributed by atoms with Gasteiger partial charge in [-0.1, -0.05) is 91.0 Å². The molecular weight excluding hydrogens is 1860 g/mol. The predicted octanol–water partition coefficient (Wildman–Crippen LogP) is 22.8. The number of benzene rings is 6. The first-order chi connectivity index (χ1) is 65.5. The van der Waals surface area contributed by atoms with Crippen LogP contribution in [0.5, 0.6) is 0 Å². The Morgan fingerprint density at radius 1 is 0.307 bits per heavy atom. The second-order valence-corrected chi connectivity index (χ2v) is 40.1. The quantitative estimate of drug-likeness (QED) is 0.0308. The van der Waals surface area contributed by atoms with Crippen LogP contribution in [0.15, 0.2) is 152 Å². The number of amides is 5. The van der Waals surface area contributed by atoms with Crippen molar-refractivity contribution in [1.29, 1.82) is 10.5 Å². The summed E-state index contributed by atoms with van der Waals surface area (Å²) in [5, 5.41) is 76.2. The Labute approximate surface area is 805 Å². The molecule has 0 radical (unpaired) electrons. The van der Waals surface area contributed by atoms with Crippen molar-refractivity contribution in [3.8, 4) is 12.1 Å². The van der Waals surface area contributed by atoms with E-state index in [4.69, 9.17) is 10.5 Å². The minimum absolute atomic E-state index is 0.00665. The number of nitrogens with zero attached hydrogens (tertiary/aromatic N) is 7. The van der Waals surface area contributed by atoms with Crippen LogP contribution >= 0.6 is 0 Å². The van der Waals surface area contributed by atoms with Crippen LogP contribution in [0.3, 0.4) is 0 Å². The number of rotatable bonds is 24. The topological polar surface area (TPSA) is 271 Å². The van der Waals surface area contributed by atoms with Gasteiger partial charge < -0.3 is 55.1 Å². The van der Waals surface area contributed by atoms with Crippen molar-refractivity contribution in [3.05, 3.63) is 213 Å². The maximum atomic E-state index is 13.4. The Morgan fingerprint density at radius 3 is 0.729 bits per heavy atom. The fourth-order valence-corrected chi connectivity index (χ4v) is 19.5. The molecule has 6 aromatic rings. The fraction of sp³-hybridized carbons (Fsp3) is 0.590. The van der Waals surface area contributed by atoms with E-state index in [-0.39, 0.29) is 155 Å². The van der Waals surface area contributed by atoms with E-state index in [1.807, 2.05) is 27.7 Å². The van der Waals surface area contributed by atoms with Gasteiger partial charge in [-0.15, -0.1) is 0 Å². The van der Waals surface area contributed by atoms with Gasteiger partial charge in [0.25, 0.3) is 29.5 Å². The lowest BCUT2D eigenvalue weighted by Gasteiger charge is -2.37. The minimum atomic E-state index is -4.84. The summed E-state index contributed by atoms with van der Waals surface area (Å²) in [6.45, 7) is 5.83. The molecule has 766 valence electrons. The molecule has 6 N–H and O–H groups in total. The summed E-state index contributed by atoms with van der Waals surface area (Å²) < 4.78 is 222. The maximum Gasteiger partial charge on any atom is 0.421 e. The Balaban J connectivity index is 0.000000168. The second-order valence-electron chi connectivity index (χ2n) is 40.1. The molecule has 0 saturated heterocycles. The van der Waals surface area contributed by atoms with Gasteiger partial charge in [0.15, 0.2) is 28.0 Å². The Hall–Kier alpha value is -9.78. The van der Waals surface area contributed by atoms with E-state index in [1.165, 1.54) is 103 Å². The van der Waals surface area contributed by atoms with Crippen LogP contribution in [0.1, 0.15) is 319 Å². The van der Waals surface area contributed by atoms with Gasteiger partial charge in [-0.25, -0.2) is 8.78 Å². The molecule has 5 atom stereocenters. The standard InChI is InChI=1S/C26H30F3NO2.2C21H25F3N2O2.C19H22F5NO2.C18H24F3NO3/c1-25(32,26(27,28)29)21-11-9-20(10-12-21)24(31)30(23-15-16-23)22-13-7-19(8-14-22)17-18-5-3-2-4-6-18;2*1-20(28,21(22,23)24)16-6-4-15(5-7-16)19(27)26(18-10-11-18)17-8-2-14(3-9-17)12-13-25;1-17(27,19(22,23)24)13-4-2-12(3-5-13)16(26)25(14-6-7-14)15-8-10-18(20,21)11-9-15;1-3-22(14-8-10-15(23)11-9-14)16(24)12-4-6-13(7-5-12)17(2,25)18(19,20)21/h2-6,9-12,19,22-23,32H,7-8,13-17H2,1H3;2*4-7,14,17-18,28H,2-3,8-12H2,1H3;2-5,14-15,27H,6-11H2,1H3;4-7,14-15,23,25H,3,8-11H2,1-2H3/t19?,22?,25-;2*14?,17?,20-;17-;14?,15?,17-/m00000/s1. The summed E-state index contributed by atoms with van der Waals surface area (Å²) in [7, 11) is 0. The predicted molar refractivity (Wildman–Crippen MR) is 487 cm³/mol. The molecule has 15 rings (SSSR count). The summed E-state index contributed by atoms with van der Waals surface area (Å²) in [6.07, 6.45) is -1.02. The SMILES string of the molecule is CCN(C(=O)c1ccc([C@](C)(O)C(F)(F)F)cc1)C1CCC(O)CC1.C[C@](O)(c1ccc(C(=O)N(C2CC2)C2CCC(F)(F)CC2)cc1)C(F)(F)F.C[C@](O)(c1ccc(C(=O)N(C2CCC(CC#N)CC2)C2CC2)cc1)C(F)(F)F.C[C@](O)(c1ccc(C(=O)N(C2CCC(CC#N)CC2)C2CC2)cc1)C(F)(F)F.C[C@](O)(c1ccc(C(=O)N(C2CCC(Cc3ccccc3)CC2)C2CC2)cc1)C(F)(F)F. The van der Waals surface area contributed by atoms with Gasteiger partial charge in [0, 0.05) is 114 Å². The molecule has 0 unspecified atom stereocenters. The van der Waals surface area contributed by atoms with Gasteiger partial charge in [0.2, 0.25) is 5.92 Å². The molecule has 140 heavy (non-hydrogen) atoms. The van der Waals surface area contributed by atoms with Crippen molar-refractivity contribution in [2.75, 3.05) is 6.54 Å². The lowest BCUT2D eigenvalue weighted by molar-refractivity contribution is -0.259. The van der Waals surface area contributed by atoms with Gasteiger partial charge in [0.05, 0.1) is 18.2 Å². The zero-order valence-electron chi connectivity index (χ0n) is 79.3. The van der Waals surface area contributed by atoms with Crippen molar-refractivity contribution in [1.82, 2.24) is 24.5 Å². The highest BCUT2D eigenvalue weighted by Crippen LogP contribution is 2.49. The van der Waals surface area contributed by atoms with Crippen LogP contribution in [-0.4, -0.2) is 189 Å². The van der Waals surface area contributed by atoms with Gasteiger partial charge in [-0.3, -0.25) is 24.0 Å². The van der Waals surface area contributed by atoms with E-state index in [9.17, 15) is 129 Å². The molecule has 0 bridgehead atoms. The van der Waals surface area contributed by atoms with Gasteiger partial charge in [-0.05, 0) is 327 Å². The highest BCUT2D eigenvalue weighted by Gasteiger charge is 2.57. The van der Waals surface area contributed by atoms with Crippen molar-refractivity contribution in [2.24, 2.45) is 17.8 Å². The van der Waals surface area contributed by atoms with Crippen LogP contribution in [-0.2, 0) is 34.4 Å². The number of aliphatic hydroxyl groups is 6. The fourth-order valence-electron chi connectivity index (χ4n) is 19.5. The number of nitriles is 2. The molecule has 0 aromatic heterocycles. The van der Waals surface area contributed by atoms with E-state index in [0.717, 1.165) is 166 Å². The second kappa shape index (κ2) is 45.0. The number of carbonyl (C=O) groups excluding carboxylic acids is 5.